The summed E-state index contributed by atoms with van der Waals surface area (Å²) < 4.78 is 29.7. The van der Waals surface area contributed by atoms with E-state index in [0.29, 0.717) is 0 Å². The van der Waals surface area contributed by atoms with Crippen LogP contribution in [-0.4, -0.2) is 48.3 Å². The molecule has 0 N–H and O–H groups in total. The number of hydrogen-bond acceptors (Lipinski definition) is 5. The second kappa shape index (κ2) is 8.60. The van der Waals surface area contributed by atoms with E-state index in [1.807, 2.05) is 49.4 Å². The van der Waals surface area contributed by atoms with E-state index in [-0.39, 0.29) is 42.0 Å². The highest BCUT2D eigenvalue weighted by Gasteiger charge is 2.63. The number of Topliss-reactive ketones (excluding diaryl/α,β-unsaturated/α-hetero) is 1. The van der Waals surface area contributed by atoms with E-state index in [2.05, 4.69) is 0 Å². The smallest absolute Gasteiger partial charge is 0.243 e. The first-order chi connectivity index (χ1) is 17.7. The lowest BCUT2D eigenvalue weighted by Crippen LogP contribution is -2.42. The van der Waals surface area contributed by atoms with Crippen molar-refractivity contribution in [1.29, 1.82) is 0 Å². The molecule has 5 atom stereocenters. The predicted octanol–water partition coefficient (Wildman–Crippen LogP) is 3.72. The zero-order chi connectivity index (χ0) is 26.1. The summed E-state index contributed by atoms with van der Waals surface area (Å²) in [4.78, 5) is 41.5. The van der Waals surface area contributed by atoms with Gasteiger partial charge in [-0.2, -0.15) is 4.31 Å². The molecule has 7 nitrogen and oxygen atoms in total. The van der Waals surface area contributed by atoms with Gasteiger partial charge in [-0.3, -0.25) is 19.3 Å². The van der Waals surface area contributed by atoms with E-state index in [4.69, 9.17) is 0 Å². The summed E-state index contributed by atoms with van der Waals surface area (Å²) in [6.07, 6.45) is -0.0351. The van der Waals surface area contributed by atoms with Crippen LogP contribution in [0.4, 0.5) is 0 Å². The van der Waals surface area contributed by atoms with Gasteiger partial charge in [-0.1, -0.05) is 60.2 Å². The van der Waals surface area contributed by atoms with Crippen molar-refractivity contribution >= 4 is 38.4 Å². The summed E-state index contributed by atoms with van der Waals surface area (Å²) in [6, 6.07) is 19.3. The van der Waals surface area contributed by atoms with Gasteiger partial charge in [0.2, 0.25) is 21.8 Å². The van der Waals surface area contributed by atoms with Gasteiger partial charge in [-0.25, -0.2) is 8.42 Å². The lowest BCUT2D eigenvalue weighted by atomic mass is 9.66. The van der Waals surface area contributed by atoms with E-state index in [1.165, 1.54) is 9.21 Å². The van der Waals surface area contributed by atoms with Crippen molar-refractivity contribution in [3.05, 3.63) is 77.9 Å². The number of amides is 2. The maximum absolute atomic E-state index is 14.1. The van der Waals surface area contributed by atoms with Crippen molar-refractivity contribution in [3.8, 4) is 0 Å². The highest BCUT2D eigenvalue weighted by atomic mass is 32.2. The first-order valence-electron chi connectivity index (χ1n) is 12.7. The minimum atomic E-state index is -4.01. The van der Waals surface area contributed by atoms with Gasteiger partial charge in [0.05, 0.1) is 22.8 Å². The number of hydrogen-bond donors (Lipinski definition) is 0. The largest absolute Gasteiger partial charge is 0.299 e. The van der Waals surface area contributed by atoms with Crippen LogP contribution in [0.1, 0.15) is 30.5 Å². The van der Waals surface area contributed by atoms with Gasteiger partial charge in [-0.15, -0.1) is 0 Å². The Morgan fingerprint density at radius 1 is 0.865 bits per heavy atom. The number of carbonyl (C=O) groups is 3. The van der Waals surface area contributed by atoms with Crippen LogP contribution < -0.4 is 0 Å². The molecule has 190 valence electrons. The number of carbonyl (C=O) groups excluding carboxylic acids is 3. The molecular weight excluding hydrogens is 488 g/mol. The van der Waals surface area contributed by atoms with Crippen LogP contribution in [0.2, 0.25) is 0 Å². The van der Waals surface area contributed by atoms with Gasteiger partial charge in [0.1, 0.15) is 5.78 Å². The van der Waals surface area contributed by atoms with Crippen LogP contribution in [0.3, 0.4) is 0 Å². The maximum Gasteiger partial charge on any atom is 0.243 e. The maximum atomic E-state index is 14.1. The predicted molar refractivity (Wildman–Crippen MR) is 138 cm³/mol. The third-order valence-electron chi connectivity index (χ3n) is 8.41. The summed E-state index contributed by atoms with van der Waals surface area (Å²) >= 11 is 0. The Labute approximate surface area is 216 Å². The molecule has 2 heterocycles. The molecule has 0 spiro atoms. The standard InChI is InChI=1S/C29H28N2O5S/c1-3-30-28(33)22-15-24(32)26-23(25(22)29(30)34)16-31(37(35,36)19-13-11-17(2)12-14-19)27(26)21-10-6-8-18-7-4-5-9-20(18)21/h4-14,22-23,25-27H,3,15-16H2,1-2H3/t22-,23-,25-,26-,27-/m0/s1. The minimum Gasteiger partial charge on any atom is -0.299 e. The molecule has 3 aromatic rings. The van der Waals surface area contributed by atoms with E-state index in [0.717, 1.165) is 21.9 Å². The van der Waals surface area contributed by atoms with Crippen LogP contribution in [-0.2, 0) is 24.4 Å². The van der Waals surface area contributed by atoms with Crippen molar-refractivity contribution in [1.82, 2.24) is 9.21 Å². The second-order valence-electron chi connectivity index (χ2n) is 10.3. The van der Waals surface area contributed by atoms with Crippen molar-refractivity contribution in [2.45, 2.75) is 31.2 Å². The fraction of sp³-hybridized carbons (Fsp3) is 0.345. The van der Waals surface area contributed by atoms with Crippen molar-refractivity contribution in [2.75, 3.05) is 13.1 Å². The summed E-state index contributed by atoms with van der Waals surface area (Å²) in [7, 11) is -4.01. The Bertz CT molecular complexity index is 1540. The number of imide groups is 1. The number of fused-ring (bicyclic) bond motifs is 4. The molecule has 1 saturated carbocycles. The molecule has 0 unspecified atom stereocenters. The van der Waals surface area contributed by atoms with Crippen molar-refractivity contribution in [3.63, 3.8) is 0 Å². The Morgan fingerprint density at radius 2 is 1.57 bits per heavy atom. The fourth-order valence-corrected chi connectivity index (χ4v) is 8.39. The van der Waals surface area contributed by atoms with Crippen molar-refractivity contribution in [2.24, 2.45) is 23.7 Å². The average molecular weight is 517 g/mol. The van der Waals surface area contributed by atoms with E-state index >= 15 is 0 Å². The highest BCUT2D eigenvalue weighted by molar-refractivity contribution is 7.89. The topological polar surface area (TPSA) is 91.8 Å². The van der Waals surface area contributed by atoms with E-state index in [9.17, 15) is 22.8 Å². The normalized spacial score (nSPS) is 28.1. The zero-order valence-corrected chi connectivity index (χ0v) is 21.5. The molecule has 3 fully saturated rings. The average Bonchev–Trinajstić information content (AvgIpc) is 3.40. The number of sulfonamides is 1. The molecule has 2 amide bonds. The van der Waals surface area contributed by atoms with Crippen LogP contribution in [0.15, 0.2) is 71.6 Å². The summed E-state index contributed by atoms with van der Waals surface area (Å²) in [5.41, 5.74) is 1.68. The molecule has 2 saturated heterocycles. The Kier molecular flexibility index (Phi) is 5.58. The molecule has 0 aromatic heterocycles. The number of likely N-dealkylation sites (tertiary alicyclic amines) is 1. The third kappa shape index (κ3) is 3.49. The van der Waals surface area contributed by atoms with Gasteiger partial charge in [0, 0.05) is 25.4 Å². The second-order valence-corrected chi connectivity index (χ2v) is 12.2. The molecule has 6 rings (SSSR count). The van der Waals surface area contributed by atoms with Gasteiger partial charge < -0.3 is 0 Å². The van der Waals surface area contributed by atoms with Gasteiger partial charge >= 0.3 is 0 Å². The number of aryl methyl sites for hydroxylation is 1. The van der Waals surface area contributed by atoms with Crippen LogP contribution in [0.25, 0.3) is 10.8 Å². The highest BCUT2D eigenvalue weighted by Crippen LogP contribution is 2.55. The van der Waals surface area contributed by atoms with Crippen LogP contribution in [0, 0.1) is 30.6 Å². The molecule has 1 aliphatic carbocycles. The molecule has 0 radical (unpaired) electrons. The Balaban J connectivity index is 1.54. The SMILES string of the molecule is CCN1C(=O)[C@@H]2[C@@H]3CN(S(=O)(=O)c4ccc(C)cc4)[C@@H](c4cccc5ccccc45)[C@@H]3C(=O)C[C@@H]2C1=O. The van der Waals surface area contributed by atoms with Gasteiger partial charge in [0.15, 0.2) is 0 Å². The first-order valence-corrected chi connectivity index (χ1v) is 14.1. The molecule has 3 aliphatic rings. The lowest BCUT2D eigenvalue weighted by molar-refractivity contribution is -0.140. The summed E-state index contributed by atoms with van der Waals surface area (Å²) in [5, 5.41) is 1.82. The number of ketones is 1. The quantitative estimate of drug-likeness (QED) is 0.493. The van der Waals surface area contributed by atoms with Crippen LogP contribution in [0.5, 0.6) is 0 Å². The first kappa shape index (κ1) is 24.0. The molecular formula is C29H28N2O5S. The lowest BCUT2D eigenvalue weighted by Gasteiger charge is -2.34. The monoisotopic (exact) mass is 516 g/mol. The van der Waals surface area contributed by atoms with Gasteiger partial charge in [-0.05, 0) is 48.2 Å². The number of nitrogens with zero attached hydrogens (tertiary/aromatic N) is 2. The molecule has 3 aromatic carbocycles. The third-order valence-corrected chi connectivity index (χ3v) is 10.3. The fourth-order valence-electron chi connectivity index (χ4n) is 6.72. The van der Waals surface area contributed by atoms with E-state index in [1.54, 1.807) is 31.2 Å². The van der Waals surface area contributed by atoms with Gasteiger partial charge in [0.25, 0.3) is 0 Å². The van der Waals surface area contributed by atoms with Crippen molar-refractivity contribution < 1.29 is 22.8 Å². The van der Waals surface area contributed by atoms with E-state index < -0.39 is 39.7 Å². The zero-order valence-electron chi connectivity index (χ0n) is 20.7. The molecule has 2 aliphatic heterocycles. The Morgan fingerprint density at radius 3 is 2.30 bits per heavy atom. The number of benzene rings is 3. The Hall–Kier alpha value is -3.36. The summed E-state index contributed by atoms with van der Waals surface area (Å²) in [5.74, 6) is -3.42. The molecule has 0 bridgehead atoms. The van der Waals surface area contributed by atoms with Crippen LogP contribution >= 0.6 is 0 Å². The minimum absolute atomic E-state index is 0.0121. The molecule has 8 heteroatoms. The summed E-state index contributed by atoms with van der Waals surface area (Å²) in [6.45, 7) is 3.89. The number of rotatable bonds is 4. The molecule has 37 heavy (non-hydrogen) atoms.